The topological polar surface area (TPSA) is 38.1 Å². The van der Waals surface area contributed by atoms with Crippen LogP contribution in [-0.2, 0) is 6.42 Å². The van der Waals surface area contributed by atoms with E-state index in [0.29, 0.717) is 0 Å². The summed E-state index contributed by atoms with van der Waals surface area (Å²) in [6.45, 7) is 6.25. The molecule has 3 rings (SSSR count). The van der Waals surface area contributed by atoms with Crippen LogP contribution < -0.4 is 0 Å². The van der Waals surface area contributed by atoms with E-state index in [-0.39, 0.29) is 5.88 Å². The van der Waals surface area contributed by atoms with Gasteiger partial charge in [0.1, 0.15) is 0 Å². The summed E-state index contributed by atoms with van der Waals surface area (Å²) >= 11 is 0. The molecule has 0 saturated carbocycles. The van der Waals surface area contributed by atoms with Crippen LogP contribution in [0.1, 0.15) is 30.0 Å². The molecule has 0 aliphatic rings. The van der Waals surface area contributed by atoms with Crippen LogP contribution in [0.2, 0.25) is 0 Å². The van der Waals surface area contributed by atoms with Gasteiger partial charge in [-0.25, -0.2) is 4.68 Å². The number of nitrogens with zero attached hydrogens (tertiary/aromatic N) is 2. The lowest BCUT2D eigenvalue weighted by molar-refractivity contribution is 0.442. The number of aromatic nitrogens is 2. The summed E-state index contributed by atoms with van der Waals surface area (Å²) in [4.78, 5) is 0. The fourth-order valence-corrected chi connectivity index (χ4v) is 2.87. The molecule has 0 unspecified atom stereocenters. The second-order valence-corrected chi connectivity index (χ2v) is 6.02. The molecule has 0 saturated heterocycles. The highest BCUT2D eigenvalue weighted by Gasteiger charge is 2.19. The molecule has 0 bridgehead atoms. The summed E-state index contributed by atoms with van der Waals surface area (Å²) in [5, 5.41) is 14.8. The highest BCUT2D eigenvalue weighted by molar-refractivity contribution is 5.68. The number of hydrogen-bond acceptors (Lipinski definition) is 2. The van der Waals surface area contributed by atoms with Crippen molar-refractivity contribution in [2.24, 2.45) is 0 Å². The second-order valence-electron chi connectivity index (χ2n) is 6.02. The van der Waals surface area contributed by atoms with E-state index in [1.54, 1.807) is 0 Å². The maximum absolute atomic E-state index is 10.4. The Morgan fingerprint density at radius 2 is 1.74 bits per heavy atom. The Hall–Kier alpha value is -2.55. The summed E-state index contributed by atoms with van der Waals surface area (Å²) in [6, 6.07) is 16.6. The number of aryl methyl sites for hydroxylation is 2. The van der Waals surface area contributed by atoms with Crippen molar-refractivity contribution in [2.75, 3.05) is 0 Å². The van der Waals surface area contributed by atoms with Crippen LogP contribution in [0, 0.1) is 13.8 Å². The normalized spacial score (nSPS) is 10.9. The largest absolute Gasteiger partial charge is 0.492 e. The zero-order chi connectivity index (χ0) is 16.4. The quantitative estimate of drug-likeness (QED) is 0.751. The fraction of sp³-hybridized carbons (Fsp3) is 0.250. The first-order chi connectivity index (χ1) is 11.1. The molecule has 23 heavy (non-hydrogen) atoms. The molecular weight excluding hydrogens is 284 g/mol. The second kappa shape index (κ2) is 6.29. The van der Waals surface area contributed by atoms with E-state index in [9.17, 15) is 5.11 Å². The van der Waals surface area contributed by atoms with Crippen LogP contribution in [0.4, 0.5) is 0 Å². The molecule has 0 spiro atoms. The molecule has 1 heterocycles. The van der Waals surface area contributed by atoms with Crippen molar-refractivity contribution in [3.05, 3.63) is 65.2 Å². The number of hydrogen-bond donors (Lipinski definition) is 1. The highest BCUT2D eigenvalue weighted by Crippen LogP contribution is 2.33. The van der Waals surface area contributed by atoms with Crippen LogP contribution in [0.25, 0.3) is 16.9 Å². The van der Waals surface area contributed by atoms with Gasteiger partial charge in [0, 0.05) is 11.1 Å². The molecule has 1 N–H and O–H groups in total. The van der Waals surface area contributed by atoms with Gasteiger partial charge in [0.05, 0.1) is 11.4 Å². The molecule has 0 aliphatic heterocycles. The van der Waals surface area contributed by atoms with Gasteiger partial charge in [-0.2, -0.15) is 0 Å². The van der Waals surface area contributed by atoms with Crippen molar-refractivity contribution in [1.29, 1.82) is 0 Å². The first-order valence-electron chi connectivity index (χ1n) is 8.05. The van der Waals surface area contributed by atoms with Crippen LogP contribution in [0.15, 0.2) is 48.5 Å². The van der Waals surface area contributed by atoms with E-state index in [0.717, 1.165) is 35.3 Å². The lowest BCUT2D eigenvalue weighted by Crippen LogP contribution is -2.00. The van der Waals surface area contributed by atoms with E-state index >= 15 is 0 Å². The van der Waals surface area contributed by atoms with E-state index < -0.39 is 0 Å². The summed E-state index contributed by atoms with van der Waals surface area (Å²) < 4.78 is 1.86. The van der Waals surface area contributed by atoms with Gasteiger partial charge < -0.3 is 5.11 Å². The minimum Gasteiger partial charge on any atom is -0.492 e. The molecule has 0 aliphatic carbocycles. The van der Waals surface area contributed by atoms with Gasteiger partial charge in [0.25, 0.3) is 0 Å². The minimum absolute atomic E-state index is 0.129. The standard InChI is InChI=1S/C20H22N2O/c1-4-6-18-19(16-11-9-14(2)10-12-16)22(21-20(18)23)17-8-5-7-15(3)13-17/h5,7-13H,4,6H2,1-3H3,(H,21,23). The Morgan fingerprint density at radius 1 is 1.00 bits per heavy atom. The third-order valence-corrected chi connectivity index (χ3v) is 4.03. The Morgan fingerprint density at radius 3 is 2.39 bits per heavy atom. The summed E-state index contributed by atoms with van der Waals surface area (Å²) in [7, 11) is 0. The minimum atomic E-state index is 0.129. The van der Waals surface area contributed by atoms with E-state index in [1.807, 2.05) is 16.8 Å². The van der Waals surface area contributed by atoms with Crippen molar-refractivity contribution in [3.8, 4) is 22.8 Å². The van der Waals surface area contributed by atoms with Gasteiger partial charge in [0.15, 0.2) is 0 Å². The Bertz CT molecular complexity index is 816. The Balaban J connectivity index is 2.23. The van der Waals surface area contributed by atoms with Gasteiger partial charge >= 0.3 is 0 Å². The molecule has 2 aromatic carbocycles. The zero-order valence-corrected chi connectivity index (χ0v) is 13.9. The van der Waals surface area contributed by atoms with E-state index in [4.69, 9.17) is 0 Å². The average molecular weight is 306 g/mol. The lowest BCUT2D eigenvalue weighted by atomic mass is 10.0. The zero-order valence-electron chi connectivity index (χ0n) is 13.9. The van der Waals surface area contributed by atoms with E-state index in [2.05, 4.69) is 62.3 Å². The SMILES string of the molecule is CCCc1c(O)nn(-c2cccc(C)c2)c1-c1ccc(C)cc1. The van der Waals surface area contributed by atoms with Crippen molar-refractivity contribution < 1.29 is 5.11 Å². The van der Waals surface area contributed by atoms with Crippen molar-refractivity contribution in [2.45, 2.75) is 33.6 Å². The predicted molar refractivity (Wildman–Crippen MR) is 94.1 cm³/mol. The average Bonchev–Trinajstić information content (AvgIpc) is 2.86. The first kappa shape index (κ1) is 15.3. The van der Waals surface area contributed by atoms with Gasteiger partial charge in [-0.15, -0.1) is 5.10 Å². The molecule has 1 aromatic heterocycles. The Labute approximate surface area is 137 Å². The monoisotopic (exact) mass is 306 g/mol. The summed E-state index contributed by atoms with van der Waals surface area (Å²) in [5.74, 6) is 0.129. The van der Waals surface area contributed by atoms with Crippen LogP contribution in [0.5, 0.6) is 5.88 Å². The number of rotatable bonds is 4. The van der Waals surface area contributed by atoms with E-state index in [1.165, 1.54) is 11.1 Å². The number of aromatic hydroxyl groups is 1. The summed E-state index contributed by atoms with van der Waals surface area (Å²) in [6.07, 6.45) is 1.77. The van der Waals surface area contributed by atoms with Crippen molar-refractivity contribution in [3.63, 3.8) is 0 Å². The molecule has 118 valence electrons. The molecular formula is C20H22N2O. The molecule has 3 aromatic rings. The maximum atomic E-state index is 10.4. The molecule has 0 radical (unpaired) electrons. The first-order valence-corrected chi connectivity index (χ1v) is 8.05. The molecule has 0 atom stereocenters. The van der Waals surface area contributed by atoms with Gasteiger partial charge in [-0.05, 0) is 38.0 Å². The molecule has 0 fully saturated rings. The number of benzene rings is 2. The van der Waals surface area contributed by atoms with Crippen molar-refractivity contribution >= 4 is 0 Å². The lowest BCUT2D eigenvalue weighted by Gasteiger charge is -2.10. The van der Waals surface area contributed by atoms with Crippen LogP contribution in [-0.4, -0.2) is 14.9 Å². The molecule has 3 heteroatoms. The fourth-order valence-electron chi connectivity index (χ4n) is 2.87. The van der Waals surface area contributed by atoms with Gasteiger partial charge in [0.2, 0.25) is 5.88 Å². The summed E-state index contributed by atoms with van der Waals surface area (Å²) in [5.41, 5.74) is 6.33. The highest BCUT2D eigenvalue weighted by atomic mass is 16.3. The van der Waals surface area contributed by atoms with Gasteiger partial charge in [-0.3, -0.25) is 0 Å². The Kier molecular flexibility index (Phi) is 4.20. The van der Waals surface area contributed by atoms with Gasteiger partial charge in [-0.1, -0.05) is 55.3 Å². The third-order valence-electron chi connectivity index (χ3n) is 4.03. The third kappa shape index (κ3) is 3.00. The predicted octanol–water partition coefficient (Wildman–Crippen LogP) is 4.81. The van der Waals surface area contributed by atoms with Crippen LogP contribution in [0.3, 0.4) is 0 Å². The van der Waals surface area contributed by atoms with Crippen LogP contribution >= 0.6 is 0 Å². The maximum Gasteiger partial charge on any atom is 0.234 e. The molecule has 3 nitrogen and oxygen atoms in total. The molecule has 0 amide bonds. The smallest absolute Gasteiger partial charge is 0.234 e. The van der Waals surface area contributed by atoms with Crippen molar-refractivity contribution in [1.82, 2.24) is 9.78 Å².